The number of aryl methyl sites for hydroxylation is 1. The third kappa shape index (κ3) is 3.38. The summed E-state index contributed by atoms with van der Waals surface area (Å²) in [6, 6.07) is 0. The first-order valence-corrected chi connectivity index (χ1v) is 6.48. The lowest BCUT2D eigenvalue weighted by molar-refractivity contribution is 0.0930. The van der Waals surface area contributed by atoms with Gasteiger partial charge in [0.2, 0.25) is 0 Å². The number of hydrogen-bond donors (Lipinski definition) is 3. The molecule has 1 aliphatic heterocycles. The third-order valence-electron chi connectivity index (χ3n) is 2.93. The van der Waals surface area contributed by atoms with Crippen LogP contribution in [0.1, 0.15) is 22.3 Å². The zero-order chi connectivity index (χ0) is 12.3. The van der Waals surface area contributed by atoms with Gasteiger partial charge in [-0.15, -0.1) is 17.5 Å². The standard InChI is InChI=1S/C10H16N4O2S.ClH/c1-2-7-9(17-14-13-7)10(16)12-4-6-3-11-5-8(6)15;/h6,8,11,15H,2-5H2,1H3,(H,12,16);1H. The second-order valence-corrected chi connectivity index (χ2v) is 4.85. The van der Waals surface area contributed by atoms with E-state index in [4.69, 9.17) is 0 Å². The van der Waals surface area contributed by atoms with E-state index in [1.165, 1.54) is 0 Å². The van der Waals surface area contributed by atoms with Crippen molar-refractivity contribution in [2.45, 2.75) is 19.4 Å². The van der Waals surface area contributed by atoms with Gasteiger partial charge in [0.15, 0.2) is 0 Å². The average Bonchev–Trinajstić information content (AvgIpc) is 2.94. The summed E-state index contributed by atoms with van der Waals surface area (Å²) < 4.78 is 3.78. The zero-order valence-electron chi connectivity index (χ0n) is 10.0. The molecular weight excluding hydrogens is 276 g/mol. The highest BCUT2D eigenvalue weighted by Gasteiger charge is 2.25. The highest BCUT2D eigenvalue weighted by Crippen LogP contribution is 2.12. The zero-order valence-corrected chi connectivity index (χ0v) is 11.7. The average molecular weight is 293 g/mol. The number of halogens is 1. The fourth-order valence-electron chi connectivity index (χ4n) is 1.84. The van der Waals surface area contributed by atoms with Crippen LogP contribution in [0.5, 0.6) is 0 Å². The molecule has 3 N–H and O–H groups in total. The Hall–Kier alpha value is -0.760. The van der Waals surface area contributed by atoms with Crippen LogP contribution in [0.3, 0.4) is 0 Å². The fraction of sp³-hybridized carbons (Fsp3) is 0.700. The van der Waals surface area contributed by atoms with Gasteiger partial charge in [-0.05, 0) is 18.0 Å². The summed E-state index contributed by atoms with van der Waals surface area (Å²) >= 11 is 1.11. The number of carbonyl (C=O) groups excluding carboxylic acids is 1. The largest absolute Gasteiger partial charge is 0.391 e. The molecule has 2 unspecified atom stereocenters. The van der Waals surface area contributed by atoms with Crippen molar-refractivity contribution < 1.29 is 9.90 Å². The number of aliphatic hydroxyl groups excluding tert-OH is 1. The van der Waals surface area contributed by atoms with E-state index < -0.39 is 0 Å². The highest BCUT2D eigenvalue weighted by molar-refractivity contribution is 7.08. The van der Waals surface area contributed by atoms with Crippen LogP contribution in [-0.4, -0.2) is 46.3 Å². The predicted octanol–water partition coefficient (Wildman–Crippen LogP) is -0.168. The normalized spacial score (nSPS) is 22.6. The van der Waals surface area contributed by atoms with Crippen molar-refractivity contribution in [3.63, 3.8) is 0 Å². The molecular formula is C10H17ClN4O2S. The fourth-order valence-corrected chi connectivity index (χ4v) is 2.51. The van der Waals surface area contributed by atoms with Gasteiger partial charge in [-0.1, -0.05) is 11.4 Å². The molecule has 2 atom stereocenters. The Bertz CT molecular complexity index is 401. The number of amides is 1. The van der Waals surface area contributed by atoms with Crippen LogP contribution >= 0.6 is 23.9 Å². The van der Waals surface area contributed by atoms with Crippen molar-refractivity contribution in [1.29, 1.82) is 0 Å². The molecule has 0 aliphatic carbocycles. The van der Waals surface area contributed by atoms with E-state index in [9.17, 15) is 9.90 Å². The summed E-state index contributed by atoms with van der Waals surface area (Å²) in [7, 11) is 0. The van der Waals surface area contributed by atoms with Crippen molar-refractivity contribution in [2.75, 3.05) is 19.6 Å². The SMILES string of the molecule is CCc1nnsc1C(=O)NCC1CNCC1O.Cl. The Kier molecular flexibility index (Phi) is 5.94. The van der Waals surface area contributed by atoms with E-state index in [0.717, 1.165) is 23.8 Å². The summed E-state index contributed by atoms with van der Waals surface area (Å²) in [6.45, 7) is 3.76. The van der Waals surface area contributed by atoms with Crippen molar-refractivity contribution in [1.82, 2.24) is 20.2 Å². The van der Waals surface area contributed by atoms with Gasteiger partial charge >= 0.3 is 0 Å². The molecule has 6 nitrogen and oxygen atoms in total. The number of nitrogens with zero attached hydrogens (tertiary/aromatic N) is 2. The first kappa shape index (κ1) is 15.3. The topological polar surface area (TPSA) is 87.1 Å². The van der Waals surface area contributed by atoms with E-state index >= 15 is 0 Å². The van der Waals surface area contributed by atoms with Crippen LogP contribution in [-0.2, 0) is 6.42 Å². The van der Waals surface area contributed by atoms with Crippen molar-refractivity contribution in [3.05, 3.63) is 10.6 Å². The molecule has 102 valence electrons. The number of hydrogen-bond acceptors (Lipinski definition) is 6. The summed E-state index contributed by atoms with van der Waals surface area (Å²) in [5.41, 5.74) is 0.734. The van der Waals surface area contributed by atoms with E-state index in [2.05, 4.69) is 20.2 Å². The predicted molar refractivity (Wildman–Crippen MR) is 71.2 cm³/mol. The van der Waals surface area contributed by atoms with Gasteiger partial charge in [0.05, 0.1) is 11.8 Å². The summed E-state index contributed by atoms with van der Waals surface area (Å²) in [5, 5.41) is 19.4. The molecule has 1 aromatic heterocycles. The molecule has 1 saturated heterocycles. The van der Waals surface area contributed by atoms with Crippen LogP contribution in [0.4, 0.5) is 0 Å². The maximum absolute atomic E-state index is 11.9. The van der Waals surface area contributed by atoms with Gasteiger partial charge in [0.1, 0.15) is 4.88 Å². The maximum atomic E-state index is 11.9. The second kappa shape index (κ2) is 6.98. The molecule has 0 spiro atoms. The minimum Gasteiger partial charge on any atom is -0.391 e. The molecule has 2 rings (SSSR count). The van der Waals surface area contributed by atoms with Gasteiger partial charge in [0, 0.05) is 25.6 Å². The lowest BCUT2D eigenvalue weighted by Gasteiger charge is -2.13. The molecule has 1 fully saturated rings. The molecule has 1 aliphatic rings. The molecule has 0 radical (unpaired) electrons. The Morgan fingerprint density at radius 2 is 2.39 bits per heavy atom. The molecule has 0 bridgehead atoms. The van der Waals surface area contributed by atoms with E-state index in [1.807, 2.05) is 6.92 Å². The first-order chi connectivity index (χ1) is 8.22. The molecule has 0 aromatic carbocycles. The molecule has 0 saturated carbocycles. The van der Waals surface area contributed by atoms with Gasteiger partial charge in [0.25, 0.3) is 5.91 Å². The van der Waals surface area contributed by atoms with Gasteiger partial charge in [-0.2, -0.15) is 0 Å². The summed E-state index contributed by atoms with van der Waals surface area (Å²) in [5.74, 6) is -0.0548. The number of nitrogens with one attached hydrogen (secondary N) is 2. The lowest BCUT2D eigenvalue weighted by Crippen LogP contribution is -2.34. The van der Waals surface area contributed by atoms with Crippen LogP contribution in [0, 0.1) is 5.92 Å². The van der Waals surface area contributed by atoms with Crippen molar-refractivity contribution in [3.8, 4) is 0 Å². The van der Waals surface area contributed by atoms with Crippen LogP contribution in [0.2, 0.25) is 0 Å². The maximum Gasteiger partial charge on any atom is 0.264 e. The number of carbonyl (C=O) groups is 1. The number of aliphatic hydroxyl groups is 1. The van der Waals surface area contributed by atoms with Crippen LogP contribution in [0.15, 0.2) is 0 Å². The molecule has 1 aromatic rings. The quantitative estimate of drug-likeness (QED) is 0.717. The smallest absolute Gasteiger partial charge is 0.264 e. The minimum atomic E-state index is -0.375. The van der Waals surface area contributed by atoms with Crippen molar-refractivity contribution >= 4 is 29.8 Å². The Morgan fingerprint density at radius 3 is 3.00 bits per heavy atom. The second-order valence-electron chi connectivity index (χ2n) is 4.10. The highest BCUT2D eigenvalue weighted by atomic mass is 35.5. The number of aromatic nitrogens is 2. The summed E-state index contributed by atoms with van der Waals surface area (Å²) in [4.78, 5) is 12.4. The van der Waals surface area contributed by atoms with Crippen LogP contribution < -0.4 is 10.6 Å². The molecule has 18 heavy (non-hydrogen) atoms. The van der Waals surface area contributed by atoms with E-state index in [-0.39, 0.29) is 30.3 Å². The minimum absolute atomic E-state index is 0. The molecule has 8 heteroatoms. The Balaban J connectivity index is 0.00000162. The summed E-state index contributed by atoms with van der Waals surface area (Å²) in [6.07, 6.45) is 0.327. The van der Waals surface area contributed by atoms with Crippen molar-refractivity contribution in [2.24, 2.45) is 5.92 Å². The number of β-amino-alcohol motifs (C(OH)–C–C–N with tert-alkyl or cyclic N) is 1. The van der Waals surface area contributed by atoms with E-state index in [1.54, 1.807) is 0 Å². The molecule has 1 amide bonds. The monoisotopic (exact) mass is 292 g/mol. The molecule has 2 heterocycles. The number of rotatable bonds is 4. The van der Waals surface area contributed by atoms with Gasteiger partial charge < -0.3 is 15.7 Å². The lowest BCUT2D eigenvalue weighted by atomic mass is 10.1. The van der Waals surface area contributed by atoms with E-state index in [0.29, 0.717) is 24.4 Å². The first-order valence-electron chi connectivity index (χ1n) is 5.70. The van der Waals surface area contributed by atoms with Crippen LogP contribution in [0.25, 0.3) is 0 Å². The third-order valence-corrected chi connectivity index (χ3v) is 3.69. The van der Waals surface area contributed by atoms with Gasteiger partial charge in [-0.3, -0.25) is 4.79 Å². The Morgan fingerprint density at radius 1 is 1.61 bits per heavy atom. The Labute approximate surface area is 116 Å². The van der Waals surface area contributed by atoms with Gasteiger partial charge in [-0.25, -0.2) is 0 Å².